The molecule has 0 saturated heterocycles. The summed E-state index contributed by atoms with van der Waals surface area (Å²) in [6, 6.07) is 13.5. The van der Waals surface area contributed by atoms with Gasteiger partial charge in [-0.1, -0.05) is 30.8 Å². The highest BCUT2D eigenvalue weighted by atomic mass is 19.1. The van der Waals surface area contributed by atoms with Crippen molar-refractivity contribution < 1.29 is 14.2 Å². The summed E-state index contributed by atoms with van der Waals surface area (Å²) >= 11 is 0. The Hall–Kier alpha value is -2.13. The zero-order chi connectivity index (χ0) is 13.7. The first kappa shape index (κ1) is 13.3. The highest BCUT2D eigenvalue weighted by Gasteiger charge is 2.01. The van der Waals surface area contributed by atoms with E-state index in [0.717, 1.165) is 11.1 Å². The second-order valence-corrected chi connectivity index (χ2v) is 4.20. The van der Waals surface area contributed by atoms with Crippen molar-refractivity contribution in [2.75, 3.05) is 6.61 Å². The molecule has 0 radical (unpaired) electrons. The van der Waals surface area contributed by atoms with Crippen molar-refractivity contribution in [3.8, 4) is 5.75 Å². The predicted molar refractivity (Wildman–Crippen MR) is 73.3 cm³/mol. The van der Waals surface area contributed by atoms with Crippen molar-refractivity contribution >= 4 is 5.57 Å². The Morgan fingerprint density at radius 2 is 1.89 bits per heavy atom. The molecule has 0 aromatic heterocycles. The molecule has 0 aliphatic rings. The van der Waals surface area contributed by atoms with Crippen LogP contribution in [0.25, 0.3) is 5.57 Å². The molecule has 0 heterocycles. The summed E-state index contributed by atoms with van der Waals surface area (Å²) in [5.74, 6) is 0.432. The standard InChI is InChI=1S/C16H15FO2/c1-12(10-18)14-3-2-4-16(9-14)19-11-13-5-7-15(17)8-6-13/h2-9,18H,1,10-11H2. The van der Waals surface area contributed by atoms with Crippen LogP contribution in [0.5, 0.6) is 5.75 Å². The molecule has 2 aromatic rings. The number of ether oxygens (including phenoxy) is 1. The van der Waals surface area contributed by atoms with Crippen molar-refractivity contribution in [1.29, 1.82) is 0 Å². The average molecular weight is 258 g/mol. The van der Waals surface area contributed by atoms with Crippen molar-refractivity contribution in [3.63, 3.8) is 0 Å². The molecular formula is C16H15FO2. The summed E-state index contributed by atoms with van der Waals surface area (Å²) in [5.41, 5.74) is 2.39. The van der Waals surface area contributed by atoms with E-state index in [1.54, 1.807) is 12.1 Å². The molecule has 1 N–H and O–H groups in total. The predicted octanol–water partition coefficient (Wildman–Crippen LogP) is 3.41. The molecule has 2 nitrogen and oxygen atoms in total. The van der Waals surface area contributed by atoms with Crippen molar-refractivity contribution in [1.82, 2.24) is 0 Å². The van der Waals surface area contributed by atoms with E-state index in [9.17, 15) is 4.39 Å². The molecule has 0 spiro atoms. The molecule has 0 bridgehead atoms. The van der Waals surface area contributed by atoms with E-state index in [1.165, 1.54) is 12.1 Å². The van der Waals surface area contributed by atoms with E-state index in [1.807, 2.05) is 24.3 Å². The molecule has 0 saturated carbocycles. The molecule has 19 heavy (non-hydrogen) atoms. The maximum Gasteiger partial charge on any atom is 0.123 e. The van der Waals surface area contributed by atoms with Crippen molar-refractivity contribution in [2.24, 2.45) is 0 Å². The minimum Gasteiger partial charge on any atom is -0.489 e. The summed E-state index contributed by atoms with van der Waals surface area (Å²) in [5, 5.41) is 9.04. The second kappa shape index (κ2) is 6.16. The summed E-state index contributed by atoms with van der Waals surface area (Å²) in [6.45, 7) is 4.05. The van der Waals surface area contributed by atoms with E-state index < -0.39 is 0 Å². The van der Waals surface area contributed by atoms with E-state index in [2.05, 4.69) is 6.58 Å². The first-order valence-corrected chi connectivity index (χ1v) is 5.95. The largest absolute Gasteiger partial charge is 0.489 e. The van der Waals surface area contributed by atoms with E-state index in [4.69, 9.17) is 9.84 Å². The molecule has 0 amide bonds. The third-order valence-electron chi connectivity index (χ3n) is 2.75. The Labute approximate surface area is 111 Å². The minimum atomic E-state index is -0.259. The first-order valence-electron chi connectivity index (χ1n) is 5.95. The number of halogens is 1. The fraction of sp³-hybridized carbons (Fsp3) is 0.125. The van der Waals surface area contributed by atoms with Gasteiger partial charge in [0.15, 0.2) is 0 Å². The SMILES string of the molecule is C=C(CO)c1cccc(OCc2ccc(F)cc2)c1. The lowest BCUT2D eigenvalue weighted by molar-refractivity contribution is 0.306. The van der Waals surface area contributed by atoms with Gasteiger partial charge in [-0.2, -0.15) is 0 Å². The Morgan fingerprint density at radius 1 is 1.16 bits per heavy atom. The van der Waals surface area contributed by atoms with Gasteiger partial charge in [0.05, 0.1) is 6.61 Å². The minimum absolute atomic E-state index is 0.0819. The Balaban J connectivity index is 2.03. The lowest BCUT2D eigenvalue weighted by Crippen LogP contribution is -1.96. The van der Waals surface area contributed by atoms with Crippen molar-refractivity contribution in [3.05, 3.63) is 72.1 Å². The first-order chi connectivity index (χ1) is 9.19. The molecule has 2 rings (SSSR count). The maximum atomic E-state index is 12.8. The Morgan fingerprint density at radius 3 is 2.58 bits per heavy atom. The topological polar surface area (TPSA) is 29.5 Å². The van der Waals surface area contributed by atoms with Gasteiger partial charge in [-0.15, -0.1) is 0 Å². The number of hydrogen-bond donors (Lipinski definition) is 1. The van der Waals surface area contributed by atoms with E-state index in [-0.39, 0.29) is 12.4 Å². The van der Waals surface area contributed by atoms with Gasteiger partial charge in [0.2, 0.25) is 0 Å². The zero-order valence-corrected chi connectivity index (χ0v) is 10.5. The van der Waals surface area contributed by atoms with E-state index in [0.29, 0.717) is 17.9 Å². The molecule has 0 atom stereocenters. The number of hydrogen-bond acceptors (Lipinski definition) is 2. The zero-order valence-electron chi connectivity index (χ0n) is 10.5. The molecule has 0 unspecified atom stereocenters. The van der Waals surface area contributed by atoms with Gasteiger partial charge in [0.25, 0.3) is 0 Å². The van der Waals surface area contributed by atoms with Crippen LogP contribution in [0.3, 0.4) is 0 Å². The third kappa shape index (κ3) is 3.66. The van der Waals surface area contributed by atoms with Crippen LogP contribution in [0.1, 0.15) is 11.1 Å². The number of benzene rings is 2. The van der Waals surface area contributed by atoms with Gasteiger partial charge in [-0.25, -0.2) is 4.39 Å². The summed E-state index contributed by atoms with van der Waals surface area (Å²) in [4.78, 5) is 0. The lowest BCUT2D eigenvalue weighted by atomic mass is 10.1. The highest BCUT2D eigenvalue weighted by Crippen LogP contribution is 2.19. The van der Waals surface area contributed by atoms with Crippen LogP contribution < -0.4 is 4.74 Å². The average Bonchev–Trinajstić information content (AvgIpc) is 2.46. The normalized spacial score (nSPS) is 10.2. The smallest absolute Gasteiger partial charge is 0.123 e. The number of aliphatic hydroxyl groups excluding tert-OH is 1. The van der Waals surface area contributed by atoms with Crippen LogP contribution in [0.2, 0.25) is 0 Å². The van der Waals surface area contributed by atoms with Crippen molar-refractivity contribution in [2.45, 2.75) is 6.61 Å². The molecular weight excluding hydrogens is 243 g/mol. The van der Waals surface area contributed by atoms with Gasteiger partial charge in [0, 0.05) is 0 Å². The fourth-order valence-corrected chi connectivity index (χ4v) is 1.64. The highest BCUT2D eigenvalue weighted by molar-refractivity contribution is 5.65. The molecule has 0 aliphatic carbocycles. The summed E-state index contributed by atoms with van der Waals surface area (Å²) in [7, 11) is 0. The summed E-state index contributed by atoms with van der Waals surface area (Å²) in [6.07, 6.45) is 0. The monoisotopic (exact) mass is 258 g/mol. The van der Waals surface area contributed by atoms with Crippen LogP contribution in [0.15, 0.2) is 55.1 Å². The maximum absolute atomic E-state index is 12.8. The lowest BCUT2D eigenvalue weighted by Gasteiger charge is -2.08. The van der Waals surface area contributed by atoms with Crippen LogP contribution in [-0.2, 0) is 6.61 Å². The van der Waals surface area contributed by atoms with Gasteiger partial charge in [-0.05, 0) is 41.0 Å². The fourth-order valence-electron chi connectivity index (χ4n) is 1.64. The van der Waals surface area contributed by atoms with Crippen LogP contribution >= 0.6 is 0 Å². The van der Waals surface area contributed by atoms with Crippen LogP contribution in [0.4, 0.5) is 4.39 Å². The van der Waals surface area contributed by atoms with Gasteiger partial charge in [-0.3, -0.25) is 0 Å². The summed E-state index contributed by atoms with van der Waals surface area (Å²) < 4.78 is 18.4. The van der Waals surface area contributed by atoms with Crippen LogP contribution in [-0.4, -0.2) is 11.7 Å². The van der Waals surface area contributed by atoms with Gasteiger partial charge in [0.1, 0.15) is 18.2 Å². The second-order valence-electron chi connectivity index (χ2n) is 4.20. The molecule has 98 valence electrons. The van der Waals surface area contributed by atoms with Gasteiger partial charge < -0.3 is 9.84 Å². The van der Waals surface area contributed by atoms with Gasteiger partial charge >= 0.3 is 0 Å². The van der Waals surface area contributed by atoms with E-state index >= 15 is 0 Å². The molecule has 0 aliphatic heterocycles. The molecule has 0 fully saturated rings. The van der Waals surface area contributed by atoms with Crippen LogP contribution in [0, 0.1) is 5.82 Å². The Kier molecular flexibility index (Phi) is 4.31. The third-order valence-corrected chi connectivity index (χ3v) is 2.75. The Bertz CT molecular complexity index is 561. The quantitative estimate of drug-likeness (QED) is 0.890. The number of rotatable bonds is 5. The molecule has 3 heteroatoms. The molecule has 2 aromatic carbocycles. The number of aliphatic hydroxyl groups is 1.